The molecule has 2 rings (SSSR count). The molecule has 0 amide bonds. The van der Waals surface area contributed by atoms with Gasteiger partial charge in [-0.1, -0.05) is 42.5 Å². The van der Waals surface area contributed by atoms with E-state index in [2.05, 4.69) is 0 Å². The summed E-state index contributed by atoms with van der Waals surface area (Å²) in [5, 5.41) is 0. The summed E-state index contributed by atoms with van der Waals surface area (Å²) >= 11 is 0. The number of benzene rings is 2. The fourth-order valence-electron chi connectivity index (χ4n) is 2.08. The average molecular weight is 284 g/mol. The number of hydrogen-bond donors (Lipinski definition) is 0. The molecule has 0 spiro atoms. The molecule has 0 aliphatic rings. The van der Waals surface area contributed by atoms with Gasteiger partial charge in [-0.3, -0.25) is 4.79 Å². The van der Waals surface area contributed by atoms with Crippen LogP contribution in [0.4, 0.5) is 0 Å². The van der Waals surface area contributed by atoms with Crippen LogP contribution in [0.3, 0.4) is 0 Å². The van der Waals surface area contributed by atoms with E-state index >= 15 is 0 Å². The normalized spacial score (nSPS) is 10.3. The Kier molecular flexibility index (Phi) is 5.98. The molecule has 0 N–H and O–H groups in total. The first kappa shape index (κ1) is 15.3. The molecule has 21 heavy (non-hydrogen) atoms. The highest BCUT2D eigenvalue weighted by molar-refractivity contribution is 5.95. The molecule has 2 aromatic carbocycles. The first-order valence-corrected chi connectivity index (χ1v) is 7.08. The molecule has 0 saturated heterocycles. The number of Topliss-reactive ketones (excluding diaryl/α,β-unsaturated/α-hetero) is 1. The second kappa shape index (κ2) is 8.22. The maximum atomic E-state index is 11.9. The Labute approximate surface area is 125 Å². The van der Waals surface area contributed by atoms with E-state index in [0.29, 0.717) is 26.1 Å². The van der Waals surface area contributed by atoms with E-state index in [1.54, 1.807) is 7.11 Å². The van der Waals surface area contributed by atoms with E-state index in [9.17, 15) is 4.79 Å². The van der Waals surface area contributed by atoms with Crippen LogP contribution in [0.2, 0.25) is 0 Å². The standard InChI is InChI=1S/C18H20O3/c1-20-14-15-7-5-10-17(13-15)21-12-6-11-18(19)16-8-3-2-4-9-16/h2-5,7-10,13H,6,11-12,14H2,1H3. The third kappa shape index (κ3) is 5.04. The predicted molar refractivity (Wildman–Crippen MR) is 82.7 cm³/mol. The van der Waals surface area contributed by atoms with Gasteiger partial charge in [-0.15, -0.1) is 0 Å². The number of rotatable bonds is 8. The fraction of sp³-hybridized carbons (Fsp3) is 0.278. The van der Waals surface area contributed by atoms with Crippen molar-refractivity contribution < 1.29 is 14.3 Å². The number of carbonyl (C=O) groups is 1. The van der Waals surface area contributed by atoms with Crippen molar-refractivity contribution in [1.82, 2.24) is 0 Å². The summed E-state index contributed by atoms with van der Waals surface area (Å²) in [5.41, 5.74) is 1.84. The van der Waals surface area contributed by atoms with Crippen molar-refractivity contribution in [2.45, 2.75) is 19.4 Å². The lowest BCUT2D eigenvalue weighted by molar-refractivity contribution is 0.0973. The van der Waals surface area contributed by atoms with Gasteiger partial charge < -0.3 is 9.47 Å². The molecule has 2 aromatic rings. The Morgan fingerprint density at radius 1 is 1.05 bits per heavy atom. The van der Waals surface area contributed by atoms with Crippen molar-refractivity contribution in [3.63, 3.8) is 0 Å². The topological polar surface area (TPSA) is 35.5 Å². The maximum Gasteiger partial charge on any atom is 0.163 e. The molecule has 0 radical (unpaired) electrons. The summed E-state index contributed by atoms with van der Waals surface area (Å²) < 4.78 is 10.8. The third-order valence-electron chi connectivity index (χ3n) is 3.12. The number of carbonyl (C=O) groups excluding carboxylic acids is 1. The van der Waals surface area contributed by atoms with E-state index in [0.717, 1.165) is 16.9 Å². The Morgan fingerprint density at radius 3 is 2.62 bits per heavy atom. The van der Waals surface area contributed by atoms with E-state index in [4.69, 9.17) is 9.47 Å². The van der Waals surface area contributed by atoms with Gasteiger partial charge in [-0.2, -0.15) is 0 Å². The van der Waals surface area contributed by atoms with Crippen LogP contribution >= 0.6 is 0 Å². The minimum absolute atomic E-state index is 0.160. The van der Waals surface area contributed by atoms with Gasteiger partial charge in [0.25, 0.3) is 0 Å². The Balaban J connectivity index is 1.74. The van der Waals surface area contributed by atoms with Crippen LogP contribution in [0.25, 0.3) is 0 Å². The zero-order valence-electron chi connectivity index (χ0n) is 12.2. The average Bonchev–Trinajstić information content (AvgIpc) is 2.53. The van der Waals surface area contributed by atoms with Gasteiger partial charge in [-0.05, 0) is 24.1 Å². The zero-order valence-corrected chi connectivity index (χ0v) is 12.2. The van der Waals surface area contributed by atoms with Gasteiger partial charge in [0.2, 0.25) is 0 Å². The summed E-state index contributed by atoms with van der Waals surface area (Å²) in [6, 6.07) is 17.2. The van der Waals surface area contributed by atoms with Crippen molar-refractivity contribution in [3.8, 4) is 5.75 Å². The number of methoxy groups -OCH3 is 1. The molecule has 0 aromatic heterocycles. The summed E-state index contributed by atoms with van der Waals surface area (Å²) in [4.78, 5) is 11.9. The van der Waals surface area contributed by atoms with E-state index < -0.39 is 0 Å². The predicted octanol–water partition coefficient (Wildman–Crippen LogP) is 3.87. The highest BCUT2D eigenvalue weighted by Gasteiger charge is 2.04. The van der Waals surface area contributed by atoms with Crippen molar-refractivity contribution in [1.29, 1.82) is 0 Å². The zero-order chi connectivity index (χ0) is 14.9. The van der Waals surface area contributed by atoms with Crippen LogP contribution in [0.1, 0.15) is 28.8 Å². The second-order valence-corrected chi connectivity index (χ2v) is 4.82. The molecular formula is C18H20O3. The molecule has 3 heteroatoms. The summed E-state index contributed by atoms with van der Waals surface area (Å²) in [6.45, 7) is 1.11. The molecule has 0 aliphatic heterocycles. The molecule has 110 valence electrons. The van der Waals surface area contributed by atoms with Gasteiger partial charge in [-0.25, -0.2) is 0 Å². The third-order valence-corrected chi connectivity index (χ3v) is 3.12. The van der Waals surface area contributed by atoms with Crippen LogP contribution < -0.4 is 4.74 Å². The van der Waals surface area contributed by atoms with Gasteiger partial charge in [0, 0.05) is 19.1 Å². The van der Waals surface area contributed by atoms with Gasteiger partial charge in [0.05, 0.1) is 13.2 Å². The minimum Gasteiger partial charge on any atom is -0.494 e. The van der Waals surface area contributed by atoms with Gasteiger partial charge in [0.15, 0.2) is 5.78 Å². The van der Waals surface area contributed by atoms with Crippen LogP contribution in [-0.2, 0) is 11.3 Å². The lowest BCUT2D eigenvalue weighted by atomic mass is 10.1. The molecule has 0 saturated carbocycles. The highest BCUT2D eigenvalue weighted by atomic mass is 16.5. The lowest BCUT2D eigenvalue weighted by Crippen LogP contribution is -2.04. The van der Waals surface area contributed by atoms with Crippen molar-refractivity contribution in [3.05, 3.63) is 65.7 Å². The number of ketones is 1. The largest absolute Gasteiger partial charge is 0.494 e. The Hall–Kier alpha value is -2.13. The van der Waals surface area contributed by atoms with Crippen LogP contribution in [0.5, 0.6) is 5.75 Å². The molecule has 0 heterocycles. The monoisotopic (exact) mass is 284 g/mol. The van der Waals surface area contributed by atoms with Crippen molar-refractivity contribution in [2.24, 2.45) is 0 Å². The summed E-state index contributed by atoms with van der Waals surface area (Å²) in [5.74, 6) is 0.976. The molecule has 0 fully saturated rings. The fourth-order valence-corrected chi connectivity index (χ4v) is 2.08. The van der Waals surface area contributed by atoms with Crippen molar-refractivity contribution >= 4 is 5.78 Å². The summed E-state index contributed by atoms with van der Waals surface area (Å²) in [6.07, 6.45) is 1.21. The SMILES string of the molecule is COCc1cccc(OCCCC(=O)c2ccccc2)c1. The molecule has 0 atom stereocenters. The minimum atomic E-state index is 0.160. The highest BCUT2D eigenvalue weighted by Crippen LogP contribution is 2.14. The lowest BCUT2D eigenvalue weighted by Gasteiger charge is -2.07. The van der Waals surface area contributed by atoms with E-state index in [1.165, 1.54) is 0 Å². The Bertz CT molecular complexity index is 564. The smallest absolute Gasteiger partial charge is 0.163 e. The molecular weight excluding hydrogens is 264 g/mol. The van der Waals surface area contributed by atoms with Crippen LogP contribution in [0.15, 0.2) is 54.6 Å². The van der Waals surface area contributed by atoms with Gasteiger partial charge in [0.1, 0.15) is 5.75 Å². The molecule has 0 aliphatic carbocycles. The van der Waals surface area contributed by atoms with E-state index in [1.807, 2.05) is 54.6 Å². The van der Waals surface area contributed by atoms with Crippen LogP contribution in [0, 0.1) is 0 Å². The Morgan fingerprint density at radius 2 is 1.86 bits per heavy atom. The molecule has 0 unspecified atom stereocenters. The van der Waals surface area contributed by atoms with Crippen molar-refractivity contribution in [2.75, 3.05) is 13.7 Å². The molecule has 3 nitrogen and oxygen atoms in total. The van der Waals surface area contributed by atoms with E-state index in [-0.39, 0.29) is 5.78 Å². The first-order valence-electron chi connectivity index (χ1n) is 7.08. The quantitative estimate of drug-likeness (QED) is 0.545. The van der Waals surface area contributed by atoms with Gasteiger partial charge >= 0.3 is 0 Å². The number of ether oxygens (including phenoxy) is 2. The number of hydrogen-bond acceptors (Lipinski definition) is 3. The maximum absolute atomic E-state index is 11.9. The molecule has 0 bridgehead atoms. The first-order chi connectivity index (χ1) is 10.3. The second-order valence-electron chi connectivity index (χ2n) is 4.82. The summed E-state index contributed by atoms with van der Waals surface area (Å²) in [7, 11) is 1.67. The van der Waals surface area contributed by atoms with Crippen LogP contribution in [-0.4, -0.2) is 19.5 Å².